The lowest BCUT2D eigenvalue weighted by Crippen LogP contribution is -2.36. The van der Waals surface area contributed by atoms with Crippen LogP contribution in [0.1, 0.15) is 41.3 Å². The fraction of sp³-hybridized carbons (Fsp3) is 0.368. The maximum absolute atomic E-state index is 13.4. The van der Waals surface area contributed by atoms with E-state index in [9.17, 15) is 13.6 Å². The van der Waals surface area contributed by atoms with Crippen LogP contribution in [-0.4, -0.2) is 26.0 Å². The number of nitrogens with one attached hydrogen (secondary N) is 1. The number of aromatic nitrogens is 3. The molecule has 1 N–H and O–H groups in total. The van der Waals surface area contributed by atoms with Gasteiger partial charge in [-0.2, -0.15) is 0 Å². The number of hydrogen-bond acceptors (Lipinski definition) is 3. The van der Waals surface area contributed by atoms with E-state index >= 15 is 0 Å². The van der Waals surface area contributed by atoms with Crippen molar-refractivity contribution in [3.05, 3.63) is 68.8 Å². The van der Waals surface area contributed by atoms with Crippen LogP contribution in [0.25, 0.3) is 5.65 Å². The minimum absolute atomic E-state index is 0.0339. The first-order valence-corrected chi connectivity index (χ1v) is 8.87. The minimum atomic E-state index is -0.574. The van der Waals surface area contributed by atoms with Crippen molar-refractivity contribution in [2.75, 3.05) is 6.54 Å². The topological polar surface area (TPSA) is 53.4 Å². The van der Waals surface area contributed by atoms with Gasteiger partial charge in [0.2, 0.25) is 0 Å². The highest BCUT2D eigenvalue weighted by Gasteiger charge is 2.27. The number of hydrogen-bond donors (Lipinski definition) is 1. The van der Waals surface area contributed by atoms with E-state index in [-0.39, 0.29) is 5.56 Å². The lowest BCUT2D eigenvalue weighted by atomic mass is 10.1. The molecule has 7 heteroatoms. The number of aromatic amines is 1. The first kappa shape index (κ1) is 15.7. The van der Waals surface area contributed by atoms with Crippen LogP contribution in [0.3, 0.4) is 0 Å². The van der Waals surface area contributed by atoms with Gasteiger partial charge in [-0.1, -0.05) is 0 Å². The molecule has 2 aromatic heterocycles. The van der Waals surface area contributed by atoms with Gasteiger partial charge in [0.25, 0.3) is 5.56 Å². The van der Waals surface area contributed by atoms with Crippen molar-refractivity contribution in [2.45, 2.75) is 38.3 Å². The van der Waals surface area contributed by atoms with E-state index in [2.05, 4.69) is 15.0 Å². The predicted octanol–water partition coefficient (Wildman–Crippen LogP) is 2.74. The van der Waals surface area contributed by atoms with Gasteiger partial charge in [0.1, 0.15) is 11.6 Å². The van der Waals surface area contributed by atoms with Gasteiger partial charge in [0, 0.05) is 48.9 Å². The quantitative estimate of drug-likeness (QED) is 0.785. The summed E-state index contributed by atoms with van der Waals surface area (Å²) in [6, 6.07) is 5.52. The van der Waals surface area contributed by atoms with Gasteiger partial charge >= 0.3 is 0 Å². The summed E-state index contributed by atoms with van der Waals surface area (Å²) in [5, 5.41) is 3.18. The standard InChI is InChI=1S/C19H18F2N4O/c20-13-5-11(6-14(21)7-13)9-24-4-3-15-17(10-24)22-18-8-16(12-1-2-12)23-25(18)19(15)26/h5-8,12,23H,1-4,9-10H2. The van der Waals surface area contributed by atoms with Crippen molar-refractivity contribution in [3.8, 4) is 0 Å². The smallest absolute Gasteiger partial charge is 0.276 e. The van der Waals surface area contributed by atoms with Crippen molar-refractivity contribution in [1.82, 2.24) is 19.5 Å². The van der Waals surface area contributed by atoms with Gasteiger partial charge in [-0.25, -0.2) is 18.3 Å². The summed E-state index contributed by atoms with van der Waals surface area (Å²) in [7, 11) is 0. The molecule has 5 rings (SSSR count). The van der Waals surface area contributed by atoms with Crippen molar-refractivity contribution in [1.29, 1.82) is 0 Å². The third-order valence-electron chi connectivity index (χ3n) is 5.21. The fourth-order valence-corrected chi connectivity index (χ4v) is 3.77. The highest BCUT2D eigenvalue weighted by molar-refractivity contribution is 5.43. The van der Waals surface area contributed by atoms with Crippen molar-refractivity contribution >= 4 is 5.65 Å². The number of halogens is 2. The van der Waals surface area contributed by atoms with Crippen LogP contribution >= 0.6 is 0 Å². The average molecular weight is 356 g/mol. The monoisotopic (exact) mass is 356 g/mol. The molecule has 3 heterocycles. The third kappa shape index (κ3) is 2.72. The van der Waals surface area contributed by atoms with Gasteiger partial charge < -0.3 is 0 Å². The van der Waals surface area contributed by atoms with Crippen molar-refractivity contribution in [2.24, 2.45) is 0 Å². The van der Waals surface area contributed by atoms with Crippen LogP contribution in [0.5, 0.6) is 0 Å². The van der Waals surface area contributed by atoms with Crippen LogP contribution in [0.4, 0.5) is 8.78 Å². The highest BCUT2D eigenvalue weighted by atomic mass is 19.1. The molecule has 1 aliphatic carbocycles. The van der Waals surface area contributed by atoms with E-state index in [0.29, 0.717) is 43.2 Å². The molecule has 0 bridgehead atoms. The summed E-state index contributed by atoms with van der Waals surface area (Å²) < 4.78 is 28.4. The summed E-state index contributed by atoms with van der Waals surface area (Å²) in [5.41, 5.74) is 3.76. The number of nitrogens with zero attached hydrogens (tertiary/aromatic N) is 3. The van der Waals surface area contributed by atoms with Crippen LogP contribution in [0.2, 0.25) is 0 Å². The molecule has 1 saturated carbocycles. The highest BCUT2D eigenvalue weighted by Crippen LogP contribution is 2.39. The summed E-state index contributed by atoms with van der Waals surface area (Å²) in [5.74, 6) is -0.627. The fourth-order valence-electron chi connectivity index (χ4n) is 3.77. The maximum atomic E-state index is 13.4. The zero-order valence-corrected chi connectivity index (χ0v) is 14.1. The SMILES string of the molecule is O=c1c2c(nc3cc(C4CC4)[nH]n13)CN(Cc1cc(F)cc(F)c1)CC2. The number of H-pyrrole nitrogens is 1. The van der Waals surface area contributed by atoms with Gasteiger partial charge in [-0.3, -0.25) is 14.8 Å². The summed E-state index contributed by atoms with van der Waals surface area (Å²) in [4.78, 5) is 19.5. The normalized spacial score (nSPS) is 17.6. The molecular weight excluding hydrogens is 338 g/mol. The Morgan fingerprint density at radius 1 is 1.15 bits per heavy atom. The molecule has 26 heavy (non-hydrogen) atoms. The number of rotatable bonds is 3. The minimum Gasteiger partial charge on any atom is -0.293 e. The van der Waals surface area contributed by atoms with Crippen LogP contribution in [-0.2, 0) is 19.5 Å². The van der Waals surface area contributed by atoms with Gasteiger partial charge in [-0.15, -0.1) is 0 Å². The molecule has 0 atom stereocenters. The Labute approximate surface area is 148 Å². The Bertz CT molecular complexity index is 1050. The van der Waals surface area contributed by atoms with E-state index in [4.69, 9.17) is 0 Å². The first-order valence-electron chi connectivity index (χ1n) is 8.87. The average Bonchev–Trinajstić information content (AvgIpc) is 3.34. The van der Waals surface area contributed by atoms with Crippen LogP contribution in [0, 0.1) is 11.6 Å². The number of fused-ring (bicyclic) bond motifs is 2. The van der Waals surface area contributed by atoms with Gasteiger partial charge in [0.15, 0.2) is 5.65 Å². The predicted molar refractivity (Wildman–Crippen MR) is 92.0 cm³/mol. The maximum Gasteiger partial charge on any atom is 0.276 e. The van der Waals surface area contributed by atoms with E-state index < -0.39 is 11.6 Å². The Hall–Kier alpha value is -2.54. The second-order valence-corrected chi connectivity index (χ2v) is 7.26. The largest absolute Gasteiger partial charge is 0.293 e. The molecule has 0 saturated heterocycles. The zero-order chi connectivity index (χ0) is 17.8. The molecule has 1 aromatic carbocycles. The molecule has 134 valence electrons. The molecule has 3 aromatic rings. The first-order chi connectivity index (χ1) is 12.6. The number of benzene rings is 1. The molecular formula is C19H18F2N4O. The van der Waals surface area contributed by atoms with Crippen LogP contribution in [0.15, 0.2) is 29.1 Å². The molecule has 0 amide bonds. The van der Waals surface area contributed by atoms with Gasteiger partial charge in [-0.05, 0) is 37.0 Å². The molecule has 0 unspecified atom stereocenters. The lowest BCUT2D eigenvalue weighted by Gasteiger charge is -2.27. The zero-order valence-electron chi connectivity index (χ0n) is 14.1. The Balaban J connectivity index is 1.45. The van der Waals surface area contributed by atoms with Gasteiger partial charge in [0.05, 0.1) is 5.69 Å². The summed E-state index contributed by atoms with van der Waals surface area (Å²) >= 11 is 0. The summed E-state index contributed by atoms with van der Waals surface area (Å²) in [6.07, 6.45) is 2.89. The van der Waals surface area contributed by atoms with E-state index in [1.807, 2.05) is 6.07 Å². The second kappa shape index (κ2) is 5.74. The summed E-state index contributed by atoms with van der Waals surface area (Å²) in [6.45, 7) is 1.59. The van der Waals surface area contributed by atoms with E-state index in [1.54, 1.807) is 4.52 Å². The van der Waals surface area contributed by atoms with E-state index in [0.717, 1.165) is 35.9 Å². The van der Waals surface area contributed by atoms with Crippen LogP contribution < -0.4 is 5.56 Å². The second-order valence-electron chi connectivity index (χ2n) is 7.26. The Morgan fingerprint density at radius 2 is 1.92 bits per heavy atom. The lowest BCUT2D eigenvalue weighted by molar-refractivity contribution is 0.240. The third-order valence-corrected chi connectivity index (χ3v) is 5.21. The molecule has 0 spiro atoms. The molecule has 1 aliphatic heterocycles. The van der Waals surface area contributed by atoms with Crippen molar-refractivity contribution in [3.63, 3.8) is 0 Å². The molecule has 1 fully saturated rings. The van der Waals surface area contributed by atoms with E-state index in [1.165, 1.54) is 12.1 Å². The molecule has 5 nitrogen and oxygen atoms in total. The molecule has 0 radical (unpaired) electrons. The van der Waals surface area contributed by atoms with Crippen molar-refractivity contribution < 1.29 is 8.78 Å². The Morgan fingerprint density at radius 3 is 2.65 bits per heavy atom. The molecule has 2 aliphatic rings. The Kier molecular flexibility index (Phi) is 3.46.